The van der Waals surface area contributed by atoms with E-state index in [2.05, 4.69) is 29.5 Å². The first-order chi connectivity index (χ1) is 9.65. The van der Waals surface area contributed by atoms with Crippen LogP contribution in [0.25, 0.3) is 0 Å². The van der Waals surface area contributed by atoms with Gasteiger partial charge in [-0.2, -0.15) is 0 Å². The Morgan fingerprint density at radius 1 is 1.20 bits per heavy atom. The molecule has 112 valence electrons. The molecule has 1 aromatic heterocycles. The standard InChI is InChI=1S/C16H28N4/c1-12-8-9-19(11-15(12)17)16-18-13(2)10-20(16)14-6-4-3-5-7-14/h10,12,14-15H,3-9,11,17H2,1-2H3. The van der Waals surface area contributed by atoms with Crippen molar-refractivity contribution in [1.82, 2.24) is 9.55 Å². The molecule has 0 aromatic carbocycles. The van der Waals surface area contributed by atoms with Gasteiger partial charge in [-0.15, -0.1) is 0 Å². The number of aryl methyl sites for hydroxylation is 1. The fraction of sp³-hybridized carbons (Fsp3) is 0.812. The molecule has 3 rings (SSSR count). The fourth-order valence-corrected chi connectivity index (χ4v) is 3.65. The molecular weight excluding hydrogens is 248 g/mol. The molecule has 2 heterocycles. The van der Waals surface area contributed by atoms with Crippen molar-refractivity contribution >= 4 is 5.95 Å². The van der Waals surface area contributed by atoms with Crippen molar-refractivity contribution in [3.8, 4) is 0 Å². The maximum absolute atomic E-state index is 6.26. The first kappa shape index (κ1) is 13.9. The van der Waals surface area contributed by atoms with Gasteiger partial charge >= 0.3 is 0 Å². The minimum atomic E-state index is 0.278. The summed E-state index contributed by atoms with van der Waals surface area (Å²) in [6.45, 7) is 6.42. The summed E-state index contributed by atoms with van der Waals surface area (Å²) in [7, 11) is 0. The second-order valence-electron chi connectivity index (χ2n) is 6.76. The normalized spacial score (nSPS) is 28.9. The van der Waals surface area contributed by atoms with Crippen molar-refractivity contribution in [3.05, 3.63) is 11.9 Å². The SMILES string of the molecule is Cc1cn(C2CCCCC2)c(N2CCC(C)C(N)C2)n1. The van der Waals surface area contributed by atoms with Crippen molar-refractivity contribution in [2.45, 2.75) is 64.5 Å². The lowest BCUT2D eigenvalue weighted by molar-refractivity contribution is 0.340. The summed E-state index contributed by atoms with van der Waals surface area (Å²) in [6.07, 6.45) is 10.1. The van der Waals surface area contributed by atoms with E-state index in [9.17, 15) is 0 Å². The molecule has 2 aliphatic rings. The van der Waals surface area contributed by atoms with E-state index >= 15 is 0 Å². The monoisotopic (exact) mass is 276 g/mol. The fourth-order valence-electron chi connectivity index (χ4n) is 3.65. The second-order valence-corrected chi connectivity index (χ2v) is 6.76. The van der Waals surface area contributed by atoms with Crippen LogP contribution in [-0.2, 0) is 0 Å². The summed E-state index contributed by atoms with van der Waals surface area (Å²) >= 11 is 0. The maximum atomic E-state index is 6.26. The number of imidazole rings is 1. The number of nitrogens with zero attached hydrogens (tertiary/aromatic N) is 3. The Morgan fingerprint density at radius 2 is 1.95 bits per heavy atom. The molecule has 0 radical (unpaired) electrons. The third kappa shape index (κ3) is 2.71. The van der Waals surface area contributed by atoms with E-state index in [1.54, 1.807) is 0 Å². The minimum Gasteiger partial charge on any atom is -0.341 e. The van der Waals surface area contributed by atoms with Crippen molar-refractivity contribution in [3.63, 3.8) is 0 Å². The van der Waals surface area contributed by atoms with Crippen molar-refractivity contribution in [2.75, 3.05) is 18.0 Å². The van der Waals surface area contributed by atoms with Gasteiger partial charge in [-0.05, 0) is 32.1 Å². The highest BCUT2D eigenvalue weighted by Crippen LogP contribution is 2.33. The lowest BCUT2D eigenvalue weighted by atomic mass is 9.94. The minimum absolute atomic E-state index is 0.278. The average Bonchev–Trinajstić information content (AvgIpc) is 2.85. The van der Waals surface area contributed by atoms with E-state index < -0.39 is 0 Å². The summed E-state index contributed by atoms with van der Waals surface area (Å²) in [5.74, 6) is 1.79. The van der Waals surface area contributed by atoms with Gasteiger partial charge in [0.05, 0.1) is 5.69 Å². The van der Waals surface area contributed by atoms with Gasteiger partial charge in [0.1, 0.15) is 0 Å². The van der Waals surface area contributed by atoms with Crippen LogP contribution in [0.4, 0.5) is 5.95 Å². The lowest BCUT2D eigenvalue weighted by Gasteiger charge is -2.37. The van der Waals surface area contributed by atoms with Gasteiger partial charge in [0.2, 0.25) is 5.95 Å². The molecule has 1 aliphatic carbocycles. The van der Waals surface area contributed by atoms with Crippen LogP contribution in [-0.4, -0.2) is 28.7 Å². The van der Waals surface area contributed by atoms with Gasteiger partial charge in [0.25, 0.3) is 0 Å². The zero-order valence-corrected chi connectivity index (χ0v) is 12.9. The topological polar surface area (TPSA) is 47.1 Å². The van der Waals surface area contributed by atoms with E-state index in [0.717, 1.165) is 24.7 Å². The maximum Gasteiger partial charge on any atom is 0.206 e. The number of anilines is 1. The Balaban J connectivity index is 1.82. The smallest absolute Gasteiger partial charge is 0.206 e. The summed E-state index contributed by atoms with van der Waals surface area (Å²) in [6, 6.07) is 0.927. The molecule has 1 saturated carbocycles. The quantitative estimate of drug-likeness (QED) is 0.903. The van der Waals surface area contributed by atoms with Crippen LogP contribution < -0.4 is 10.6 Å². The Kier molecular flexibility index (Phi) is 4.01. The number of nitrogens with two attached hydrogens (primary N) is 1. The predicted molar refractivity (Wildman–Crippen MR) is 83.1 cm³/mol. The average molecular weight is 276 g/mol. The Bertz CT molecular complexity index is 447. The Hall–Kier alpha value is -1.03. The third-order valence-electron chi connectivity index (χ3n) is 5.10. The van der Waals surface area contributed by atoms with Gasteiger partial charge in [0.15, 0.2) is 0 Å². The van der Waals surface area contributed by atoms with Crippen LogP contribution >= 0.6 is 0 Å². The highest BCUT2D eigenvalue weighted by atomic mass is 15.3. The van der Waals surface area contributed by atoms with Crippen molar-refractivity contribution in [2.24, 2.45) is 11.7 Å². The molecule has 0 amide bonds. The van der Waals surface area contributed by atoms with Gasteiger partial charge < -0.3 is 15.2 Å². The first-order valence-electron chi connectivity index (χ1n) is 8.21. The molecule has 20 heavy (non-hydrogen) atoms. The molecule has 1 aliphatic heterocycles. The molecule has 2 unspecified atom stereocenters. The third-order valence-corrected chi connectivity index (χ3v) is 5.10. The largest absolute Gasteiger partial charge is 0.341 e. The number of rotatable bonds is 2. The first-order valence-corrected chi connectivity index (χ1v) is 8.21. The van der Waals surface area contributed by atoms with Gasteiger partial charge in [-0.1, -0.05) is 26.2 Å². The molecule has 1 saturated heterocycles. The van der Waals surface area contributed by atoms with Crippen LogP contribution in [0.15, 0.2) is 6.20 Å². The lowest BCUT2D eigenvalue weighted by Crippen LogP contribution is -2.48. The molecule has 2 N–H and O–H groups in total. The van der Waals surface area contributed by atoms with E-state index in [1.165, 1.54) is 38.5 Å². The molecule has 0 bridgehead atoms. The van der Waals surface area contributed by atoms with Gasteiger partial charge in [0, 0.05) is 31.4 Å². The van der Waals surface area contributed by atoms with Crippen LogP contribution in [0, 0.1) is 12.8 Å². The van der Waals surface area contributed by atoms with Crippen LogP contribution in [0.3, 0.4) is 0 Å². The number of aromatic nitrogens is 2. The summed E-state index contributed by atoms with van der Waals surface area (Å²) in [4.78, 5) is 7.21. The molecule has 2 atom stereocenters. The summed E-state index contributed by atoms with van der Waals surface area (Å²) in [5.41, 5.74) is 7.40. The Labute approximate surface area is 122 Å². The summed E-state index contributed by atoms with van der Waals surface area (Å²) in [5, 5.41) is 0. The number of hydrogen-bond acceptors (Lipinski definition) is 3. The molecule has 0 spiro atoms. The molecular formula is C16H28N4. The van der Waals surface area contributed by atoms with Crippen LogP contribution in [0.1, 0.15) is 57.2 Å². The summed E-state index contributed by atoms with van der Waals surface area (Å²) < 4.78 is 2.44. The highest BCUT2D eigenvalue weighted by Gasteiger charge is 2.28. The van der Waals surface area contributed by atoms with E-state index in [-0.39, 0.29) is 6.04 Å². The van der Waals surface area contributed by atoms with Crippen molar-refractivity contribution < 1.29 is 0 Å². The predicted octanol–water partition coefficient (Wildman–Crippen LogP) is 2.87. The van der Waals surface area contributed by atoms with E-state index in [1.807, 2.05) is 0 Å². The van der Waals surface area contributed by atoms with Crippen LogP contribution in [0.2, 0.25) is 0 Å². The molecule has 2 fully saturated rings. The Morgan fingerprint density at radius 3 is 2.65 bits per heavy atom. The van der Waals surface area contributed by atoms with E-state index in [4.69, 9.17) is 10.7 Å². The molecule has 4 nitrogen and oxygen atoms in total. The highest BCUT2D eigenvalue weighted by molar-refractivity contribution is 5.35. The number of piperidine rings is 1. The molecule has 1 aromatic rings. The zero-order chi connectivity index (χ0) is 14.1. The van der Waals surface area contributed by atoms with Crippen molar-refractivity contribution in [1.29, 1.82) is 0 Å². The van der Waals surface area contributed by atoms with Gasteiger partial charge in [-0.3, -0.25) is 0 Å². The molecule has 4 heteroatoms. The zero-order valence-electron chi connectivity index (χ0n) is 12.9. The van der Waals surface area contributed by atoms with Crippen LogP contribution in [0.5, 0.6) is 0 Å². The van der Waals surface area contributed by atoms with Gasteiger partial charge in [-0.25, -0.2) is 4.98 Å². The second kappa shape index (κ2) is 5.76. The number of hydrogen-bond donors (Lipinski definition) is 1. The van der Waals surface area contributed by atoms with E-state index in [0.29, 0.717) is 12.0 Å².